The molecule has 0 aromatic carbocycles. The Hall–Kier alpha value is 0.250. The second-order valence-corrected chi connectivity index (χ2v) is 3.05. The van der Waals surface area contributed by atoms with Gasteiger partial charge in [0.1, 0.15) is 0 Å². The molecule has 1 nitrogen and oxygen atoms in total. The van der Waals surface area contributed by atoms with Crippen LogP contribution in [0.25, 0.3) is 0 Å². The normalized spacial score (nSPS) is 14.1. The Labute approximate surface area is 69.4 Å². The Morgan fingerprint density at radius 1 is 1.30 bits per heavy atom. The molecule has 0 heterocycles. The van der Waals surface area contributed by atoms with E-state index in [9.17, 15) is 0 Å². The van der Waals surface area contributed by atoms with Crippen LogP contribution in [-0.4, -0.2) is 30.4 Å². The molecule has 62 valence electrons. The van der Waals surface area contributed by atoms with Gasteiger partial charge in [-0.25, -0.2) is 0 Å². The Kier molecular flexibility index (Phi) is 6.14. The maximum absolute atomic E-state index is 5.68. The zero-order valence-electron chi connectivity index (χ0n) is 7.23. The van der Waals surface area contributed by atoms with E-state index < -0.39 is 0 Å². The third-order valence-corrected chi connectivity index (χ3v) is 2.25. The van der Waals surface area contributed by atoms with Gasteiger partial charge in [0.25, 0.3) is 0 Å². The lowest BCUT2D eigenvalue weighted by Crippen LogP contribution is -2.28. The highest BCUT2D eigenvalue weighted by Gasteiger charge is 2.04. The standard InChI is InChI=1S/C8H18ClN/c1-4-10(5-2)7-8(3)6-9/h8H,4-7H2,1-3H3. The molecule has 10 heavy (non-hydrogen) atoms. The minimum Gasteiger partial charge on any atom is -0.304 e. The highest BCUT2D eigenvalue weighted by Crippen LogP contribution is 2.00. The summed E-state index contributed by atoms with van der Waals surface area (Å²) >= 11 is 5.68. The van der Waals surface area contributed by atoms with E-state index in [2.05, 4.69) is 25.7 Å². The number of hydrogen-bond acceptors (Lipinski definition) is 1. The fourth-order valence-corrected chi connectivity index (χ4v) is 1.07. The van der Waals surface area contributed by atoms with Crippen molar-refractivity contribution in [2.45, 2.75) is 20.8 Å². The Balaban J connectivity index is 3.41. The molecule has 1 unspecified atom stereocenters. The summed E-state index contributed by atoms with van der Waals surface area (Å²) in [4.78, 5) is 2.40. The Morgan fingerprint density at radius 2 is 1.80 bits per heavy atom. The minimum atomic E-state index is 0.626. The first kappa shape index (κ1) is 10.2. The largest absolute Gasteiger partial charge is 0.304 e. The fourth-order valence-electron chi connectivity index (χ4n) is 0.971. The summed E-state index contributed by atoms with van der Waals surface area (Å²) in [6, 6.07) is 0. The molecular weight excluding hydrogens is 146 g/mol. The number of alkyl halides is 1. The highest BCUT2D eigenvalue weighted by atomic mass is 35.5. The smallest absolute Gasteiger partial charge is 0.0261 e. The van der Waals surface area contributed by atoms with Gasteiger partial charge < -0.3 is 4.90 Å². The monoisotopic (exact) mass is 163 g/mol. The molecule has 0 aliphatic carbocycles. The van der Waals surface area contributed by atoms with Crippen molar-refractivity contribution in [2.75, 3.05) is 25.5 Å². The van der Waals surface area contributed by atoms with Gasteiger partial charge in [0.15, 0.2) is 0 Å². The van der Waals surface area contributed by atoms with Crippen LogP contribution in [0.15, 0.2) is 0 Å². The number of hydrogen-bond donors (Lipinski definition) is 0. The topological polar surface area (TPSA) is 3.24 Å². The lowest BCUT2D eigenvalue weighted by atomic mass is 10.2. The number of halogens is 1. The summed E-state index contributed by atoms with van der Waals surface area (Å²) in [5.74, 6) is 1.40. The summed E-state index contributed by atoms with van der Waals surface area (Å²) in [6.07, 6.45) is 0. The van der Waals surface area contributed by atoms with Crippen LogP contribution in [-0.2, 0) is 0 Å². The number of nitrogens with zero attached hydrogens (tertiary/aromatic N) is 1. The summed E-state index contributed by atoms with van der Waals surface area (Å²) in [5.41, 5.74) is 0. The molecule has 2 heteroatoms. The van der Waals surface area contributed by atoms with E-state index in [-0.39, 0.29) is 0 Å². The Morgan fingerprint density at radius 3 is 2.10 bits per heavy atom. The van der Waals surface area contributed by atoms with E-state index in [0.29, 0.717) is 5.92 Å². The molecule has 0 aliphatic rings. The maximum Gasteiger partial charge on any atom is 0.0261 e. The van der Waals surface area contributed by atoms with Crippen molar-refractivity contribution in [2.24, 2.45) is 5.92 Å². The third kappa shape index (κ3) is 4.13. The van der Waals surface area contributed by atoms with Crippen molar-refractivity contribution in [1.82, 2.24) is 4.90 Å². The molecule has 0 radical (unpaired) electrons. The van der Waals surface area contributed by atoms with Gasteiger partial charge in [0, 0.05) is 12.4 Å². The first-order chi connectivity index (χ1) is 4.74. The molecule has 0 fully saturated rings. The molecule has 0 aliphatic heterocycles. The second-order valence-electron chi connectivity index (χ2n) is 2.75. The van der Waals surface area contributed by atoms with Gasteiger partial charge in [-0.1, -0.05) is 20.8 Å². The summed E-state index contributed by atoms with van der Waals surface area (Å²) in [6.45, 7) is 9.96. The molecule has 0 amide bonds. The predicted octanol–water partition coefficient (Wildman–Crippen LogP) is 2.20. The van der Waals surface area contributed by atoms with Crippen LogP contribution in [0.2, 0.25) is 0 Å². The van der Waals surface area contributed by atoms with Crippen LogP contribution in [0, 0.1) is 5.92 Å². The van der Waals surface area contributed by atoms with Crippen LogP contribution in [0.3, 0.4) is 0 Å². The van der Waals surface area contributed by atoms with Crippen LogP contribution in [0.1, 0.15) is 20.8 Å². The molecule has 0 aromatic rings. The average Bonchev–Trinajstić information content (AvgIpc) is 1.99. The molecule has 0 bridgehead atoms. The van der Waals surface area contributed by atoms with Crippen molar-refractivity contribution >= 4 is 11.6 Å². The molecule has 1 atom stereocenters. The van der Waals surface area contributed by atoms with E-state index in [0.717, 1.165) is 25.5 Å². The zero-order valence-corrected chi connectivity index (χ0v) is 7.99. The van der Waals surface area contributed by atoms with E-state index in [1.54, 1.807) is 0 Å². The molecular formula is C8H18ClN. The lowest BCUT2D eigenvalue weighted by molar-refractivity contribution is 0.271. The van der Waals surface area contributed by atoms with Crippen molar-refractivity contribution in [1.29, 1.82) is 0 Å². The molecule has 0 spiro atoms. The fraction of sp³-hybridized carbons (Fsp3) is 1.00. The van der Waals surface area contributed by atoms with Gasteiger partial charge in [-0.2, -0.15) is 0 Å². The first-order valence-electron chi connectivity index (χ1n) is 4.02. The van der Waals surface area contributed by atoms with Gasteiger partial charge in [0.05, 0.1) is 0 Å². The van der Waals surface area contributed by atoms with Crippen LogP contribution >= 0.6 is 11.6 Å². The second kappa shape index (κ2) is 5.99. The van der Waals surface area contributed by atoms with Crippen LogP contribution in [0.4, 0.5) is 0 Å². The maximum atomic E-state index is 5.68. The third-order valence-electron chi connectivity index (χ3n) is 1.73. The summed E-state index contributed by atoms with van der Waals surface area (Å²) in [5, 5.41) is 0. The number of rotatable bonds is 5. The molecule has 0 saturated heterocycles. The Bertz CT molecular complexity index is 71.7. The quantitative estimate of drug-likeness (QED) is 0.562. The van der Waals surface area contributed by atoms with Crippen molar-refractivity contribution in [3.05, 3.63) is 0 Å². The van der Waals surface area contributed by atoms with Crippen molar-refractivity contribution in [3.8, 4) is 0 Å². The van der Waals surface area contributed by atoms with Gasteiger partial charge in [-0.15, -0.1) is 11.6 Å². The zero-order chi connectivity index (χ0) is 7.98. The SMILES string of the molecule is CCN(CC)CC(C)CCl. The summed E-state index contributed by atoms with van der Waals surface area (Å²) in [7, 11) is 0. The van der Waals surface area contributed by atoms with Gasteiger partial charge in [-0.3, -0.25) is 0 Å². The van der Waals surface area contributed by atoms with Gasteiger partial charge in [-0.05, 0) is 19.0 Å². The molecule has 0 saturated carbocycles. The lowest BCUT2D eigenvalue weighted by Gasteiger charge is -2.20. The van der Waals surface area contributed by atoms with Crippen molar-refractivity contribution in [3.63, 3.8) is 0 Å². The molecule has 0 aromatic heterocycles. The van der Waals surface area contributed by atoms with Gasteiger partial charge >= 0.3 is 0 Å². The predicted molar refractivity (Wildman–Crippen MR) is 47.7 cm³/mol. The first-order valence-corrected chi connectivity index (χ1v) is 4.56. The van der Waals surface area contributed by atoms with Crippen LogP contribution in [0.5, 0.6) is 0 Å². The summed E-state index contributed by atoms with van der Waals surface area (Å²) < 4.78 is 0. The highest BCUT2D eigenvalue weighted by molar-refractivity contribution is 6.18. The minimum absolute atomic E-state index is 0.626. The van der Waals surface area contributed by atoms with E-state index in [4.69, 9.17) is 11.6 Å². The van der Waals surface area contributed by atoms with E-state index in [1.807, 2.05) is 0 Å². The van der Waals surface area contributed by atoms with E-state index >= 15 is 0 Å². The van der Waals surface area contributed by atoms with Crippen LogP contribution < -0.4 is 0 Å². The average molecular weight is 164 g/mol. The van der Waals surface area contributed by atoms with Gasteiger partial charge in [0.2, 0.25) is 0 Å². The molecule has 0 rings (SSSR count). The van der Waals surface area contributed by atoms with E-state index in [1.165, 1.54) is 0 Å². The van der Waals surface area contributed by atoms with Crippen molar-refractivity contribution < 1.29 is 0 Å². The molecule has 0 N–H and O–H groups in total.